The van der Waals surface area contributed by atoms with Gasteiger partial charge in [0.15, 0.2) is 5.43 Å². The molecule has 0 spiro atoms. The Kier molecular flexibility index (Phi) is 5.91. The van der Waals surface area contributed by atoms with Crippen molar-refractivity contribution in [3.63, 3.8) is 0 Å². The summed E-state index contributed by atoms with van der Waals surface area (Å²) in [6.45, 7) is 2.82. The maximum absolute atomic E-state index is 13.5. The molecular weight excluding hydrogens is 422 g/mol. The Labute approximate surface area is 184 Å². The molecule has 5 nitrogen and oxygen atoms in total. The molecule has 156 valence electrons. The predicted molar refractivity (Wildman–Crippen MR) is 120 cm³/mol. The number of rotatable bonds is 6. The number of fused-ring (bicyclic) bond motifs is 2. The van der Waals surface area contributed by atoms with Gasteiger partial charge in [0.1, 0.15) is 5.58 Å². The maximum atomic E-state index is 13.5. The van der Waals surface area contributed by atoms with Crippen LogP contribution in [0.25, 0.3) is 11.0 Å². The smallest absolute Gasteiger partial charge is 0.290 e. The van der Waals surface area contributed by atoms with Gasteiger partial charge < -0.3 is 14.1 Å². The molecule has 0 aliphatic carbocycles. The molecule has 0 fully saturated rings. The normalized spacial score (nSPS) is 15.8. The van der Waals surface area contributed by atoms with Crippen LogP contribution in [-0.2, 0) is 4.74 Å². The van der Waals surface area contributed by atoms with Crippen LogP contribution in [0.3, 0.4) is 0 Å². The number of hydrogen-bond acceptors (Lipinski definition) is 5. The number of ether oxygens (including phenoxy) is 1. The zero-order valence-electron chi connectivity index (χ0n) is 17.0. The molecule has 2 heterocycles. The molecule has 0 bridgehead atoms. The van der Waals surface area contributed by atoms with Crippen molar-refractivity contribution in [2.75, 3.05) is 26.5 Å². The Balaban J connectivity index is 1.91. The highest BCUT2D eigenvalue weighted by Gasteiger charge is 2.42. The Bertz CT molecular complexity index is 1170. The lowest BCUT2D eigenvalue weighted by atomic mass is 9.98. The second-order valence-corrected chi connectivity index (χ2v) is 8.58. The average molecular weight is 444 g/mol. The number of hydrogen-bond donors (Lipinski definition) is 0. The lowest BCUT2D eigenvalue weighted by Gasteiger charge is -2.25. The minimum absolute atomic E-state index is 0.116. The van der Waals surface area contributed by atoms with Crippen molar-refractivity contribution in [3.8, 4) is 0 Å². The molecule has 1 unspecified atom stereocenters. The molecule has 0 saturated heterocycles. The maximum Gasteiger partial charge on any atom is 0.290 e. The van der Waals surface area contributed by atoms with E-state index >= 15 is 0 Å². The topological polar surface area (TPSA) is 59.8 Å². The molecule has 30 heavy (non-hydrogen) atoms. The summed E-state index contributed by atoms with van der Waals surface area (Å²) in [6, 6.07) is 10.8. The number of benzene rings is 2. The van der Waals surface area contributed by atoms with Crippen LogP contribution in [0.1, 0.15) is 39.7 Å². The summed E-state index contributed by atoms with van der Waals surface area (Å²) in [5.41, 5.74) is 2.21. The fraction of sp³-hybridized carbons (Fsp3) is 0.304. The Morgan fingerprint density at radius 3 is 2.60 bits per heavy atom. The van der Waals surface area contributed by atoms with E-state index < -0.39 is 6.04 Å². The van der Waals surface area contributed by atoms with Crippen LogP contribution in [0.15, 0.2) is 50.5 Å². The van der Waals surface area contributed by atoms with E-state index in [1.807, 2.05) is 37.4 Å². The summed E-state index contributed by atoms with van der Waals surface area (Å²) in [5.74, 6) is -0.155. The monoisotopic (exact) mass is 443 g/mol. The van der Waals surface area contributed by atoms with E-state index in [1.165, 1.54) is 0 Å². The van der Waals surface area contributed by atoms with Crippen molar-refractivity contribution < 1.29 is 13.9 Å². The standard InChI is InChI=1S/C23H22ClNO4S/c1-13-11-18-16(12-17(13)24)21(26)19-20(14-5-7-15(30-3)8-6-14)25(9-4-10-28-2)23(27)22(19)29-18/h5-8,11-12,20H,4,9-10H2,1-3H3. The van der Waals surface area contributed by atoms with Gasteiger partial charge in [-0.15, -0.1) is 11.8 Å². The molecule has 1 aliphatic rings. The van der Waals surface area contributed by atoms with Crippen molar-refractivity contribution in [3.05, 3.63) is 74.1 Å². The number of thioether (sulfide) groups is 1. The third-order valence-electron chi connectivity index (χ3n) is 5.43. The van der Waals surface area contributed by atoms with Crippen molar-refractivity contribution in [1.29, 1.82) is 0 Å². The summed E-state index contributed by atoms with van der Waals surface area (Å²) in [6.07, 6.45) is 2.67. The second kappa shape index (κ2) is 8.46. The van der Waals surface area contributed by atoms with E-state index in [4.69, 9.17) is 20.8 Å². The zero-order chi connectivity index (χ0) is 21.4. The Morgan fingerprint density at radius 2 is 1.93 bits per heavy atom. The third-order valence-corrected chi connectivity index (χ3v) is 6.58. The van der Waals surface area contributed by atoms with E-state index in [-0.39, 0.29) is 17.1 Å². The van der Waals surface area contributed by atoms with Crippen molar-refractivity contribution in [2.45, 2.75) is 24.3 Å². The van der Waals surface area contributed by atoms with E-state index in [0.717, 1.165) is 16.0 Å². The van der Waals surface area contributed by atoms with Crippen LogP contribution >= 0.6 is 23.4 Å². The van der Waals surface area contributed by atoms with E-state index in [2.05, 4.69) is 0 Å². The number of carbonyl (C=O) groups excluding carboxylic acids is 1. The van der Waals surface area contributed by atoms with Gasteiger partial charge in [0.05, 0.1) is 17.0 Å². The summed E-state index contributed by atoms with van der Waals surface area (Å²) in [7, 11) is 1.63. The summed E-state index contributed by atoms with van der Waals surface area (Å²) < 4.78 is 11.1. The molecule has 0 saturated carbocycles. The average Bonchev–Trinajstić information content (AvgIpc) is 3.02. The van der Waals surface area contributed by atoms with Gasteiger partial charge in [-0.1, -0.05) is 23.7 Å². The minimum atomic E-state index is -0.499. The minimum Gasteiger partial charge on any atom is -0.450 e. The highest BCUT2D eigenvalue weighted by molar-refractivity contribution is 7.98. The molecular formula is C23H22ClNO4S. The van der Waals surface area contributed by atoms with E-state index in [1.54, 1.807) is 35.9 Å². The predicted octanol–water partition coefficient (Wildman–Crippen LogP) is 5.06. The Morgan fingerprint density at radius 1 is 1.20 bits per heavy atom. The zero-order valence-corrected chi connectivity index (χ0v) is 18.6. The van der Waals surface area contributed by atoms with Crippen LogP contribution in [0.2, 0.25) is 5.02 Å². The number of carbonyl (C=O) groups is 1. The quantitative estimate of drug-likeness (QED) is 0.393. The molecule has 0 N–H and O–H groups in total. The lowest BCUT2D eigenvalue weighted by molar-refractivity contribution is 0.0708. The van der Waals surface area contributed by atoms with Crippen LogP contribution < -0.4 is 5.43 Å². The van der Waals surface area contributed by atoms with Gasteiger partial charge in [-0.2, -0.15) is 0 Å². The molecule has 2 aromatic carbocycles. The van der Waals surface area contributed by atoms with Gasteiger partial charge in [-0.3, -0.25) is 9.59 Å². The first-order valence-electron chi connectivity index (χ1n) is 9.67. The molecule has 1 atom stereocenters. The highest BCUT2D eigenvalue weighted by atomic mass is 35.5. The van der Waals surface area contributed by atoms with Crippen LogP contribution in [0.4, 0.5) is 0 Å². The van der Waals surface area contributed by atoms with Crippen LogP contribution in [-0.4, -0.2) is 37.3 Å². The van der Waals surface area contributed by atoms with Crippen molar-refractivity contribution >= 4 is 40.2 Å². The number of aryl methyl sites for hydroxylation is 1. The van der Waals surface area contributed by atoms with Crippen LogP contribution in [0, 0.1) is 6.92 Å². The molecule has 7 heteroatoms. The number of nitrogens with zero attached hydrogens (tertiary/aromatic N) is 1. The molecule has 4 rings (SSSR count). The first-order chi connectivity index (χ1) is 14.5. The number of methoxy groups -OCH3 is 1. The van der Waals surface area contributed by atoms with Gasteiger partial charge in [0.2, 0.25) is 5.76 Å². The highest BCUT2D eigenvalue weighted by Crippen LogP contribution is 2.39. The SMILES string of the molecule is COCCCN1C(=O)c2oc3cc(C)c(Cl)cc3c(=O)c2C1c1ccc(SC)cc1. The van der Waals surface area contributed by atoms with E-state index in [9.17, 15) is 9.59 Å². The molecule has 3 aromatic rings. The van der Waals surface area contributed by atoms with Gasteiger partial charge >= 0.3 is 0 Å². The van der Waals surface area contributed by atoms with Gasteiger partial charge in [-0.05, 0) is 55.0 Å². The van der Waals surface area contributed by atoms with Gasteiger partial charge in [0, 0.05) is 30.2 Å². The lowest BCUT2D eigenvalue weighted by Crippen LogP contribution is -2.31. The molecule has 0 radical (unpaired) electrons. The molecule has 1 aromatic heterocycles. The molecule has 1 amide bonds. The summed E-state index contributed by atoms with van der Waals surface area (Å²) in [4.78, 5) is 29.6. The van der Waals surface area contributed by atoms with Gasteiger partial charge in [0.25, 0.3) is 5.91 Å². The van der Waals surface area contributed by atoms with Gasteiger partial charge in [-0.25, -0.2) is 0 Å². The Hall–Kier alpha value is -2.28. The summed E-state index contributed by atoms with van der Waals surface area (Å²) >= 11 is 7.90. The van der Waals surface area contributed by atoms with Crippen molar-refractivity contribution in [1.82, 2.24) is 4.90 Å². The number of amides is 1. The third kappa shape index (κ3) is 3.53. The fourth-order valence-electron chi connectivity index (χ4n) is 3.88. The molecule has 1 aliphatic heterocycles. The largest absolute Gasteiger partial charge is 0.450 e. The van der Waals surface area contributed by atoms with Crippen LogP contribution in [0.5, 0.6) is 0 Å². The first-order valence-corrected chi connectivity index (χ1v) is 11.3. The fourth-order valence-corrected chi connectivity index (χ4v) is 4.46. The number of halogens is 1. The first kappa shape index (κ1) is 21.0. The van der Waals surface area contributed by atoms with Crippen molar-refractivity contribution in [2.24, 2.45) is 0 Å². The second-order valence-electron chi connectivity index (χ2n) is 7.29. The van der Waals surface area contributed by atoms with E-state index in [0.29, 0.717) is 41.1 Å². The summed E-state index contributed by atoms with van der Waals surface area (Å²) in [5, 5.41) is 0.888.